The first-order chi connectivity index (χ1) is 8.54. The normalized spacial score (nSPS) is 21.8. The Morgan fingerprint density at radius 3 is 2.72 bits per heavy atom. The van der Waals surface area contributed by atoms with Crippen LogP contribution in [0, 0.1) is 4.77 Å². The molecule has 0 bridgehead atoms. The fourth-order valence-electron chi connectivity index (χ4n) is 2.63. The van der Waals surface area contributed by atoms with Gasteiger partial charge in [0.2, 0.25) is 5.95 Å². The van der Waals surface area contributed by atoms with Crippen molar-refractivity contribution in [1.82, 2.24) is 19.7 Å². The van der Waals surface area contributed by atoms with E-state index in [0.29, 0.717) is 16.9 Å². The Morgan fingerprint density at radius 2 is 2.17 bits per heavy atom. The molecule has 18 heavy (non-hydrogen) atoms. The molecule has 2 heterocycles. The molecule has 0 spiro atoms. The number of aromatic amines is 1. The lowest BCUT2D eigenvalue weighted by Gasteiger charge is -2.39. The smallest absolute Gasteiger partial charge is 0.226 e. The van der Waals surface area contributed by atoms with Crippen LogP contribution in [0.1, 0.15) is 33.7 Å². The number of piperazine rings is 1. The standard InChI is InChI=1S/C12H23N5S/c1-5-15-6-7-16(8-10(15)4)11-13-14-12(18)17(11)9(2)3/h9-10H,5-8H2,1-4H3,(H,14,18). The second kappa shape index (κ2) is 5.40. The summed E-state index contributed by atoms with van der Waals surface area (Å²) in [7, 11) is 0. The Bertz CT molecular complexity index is 450. The Balaban J connectivity index is 2.21. The maximum Gasteiger partial charge on any atom is 0.226 e. The first-order valence-electron chi connectivity index (χ1n) is 6.70. The molecule has 0 aromatic carbocycles. The molecule has 1 saturated heterocycles. The van der Waals surface area contributed by atoms with Crippen LogP contribution in [0.5, 0.6) is 0 Å². The Morgan fingerprint density at radius 1 is 1.44 bits per heavy atom. The SMILES string of the molecule is CCN1CCN(c2n[nH]c(=S)n2C(C)C)CC1C. The first kappa shape index (κ1) is 13.5. The van der Waals surface area contributed by atoms with Crippen molar-refractivity contribution in [1.29, 1.82) is 0 Å². The van der Waals surface area contributed by atoms with Gasteiger partial charge in [-0.3, -0.25) is 9.47 Å². The number of nitrogens with zero attached hydrogens (tertiary/aromatic N) is 4. The van der Waals surface area contributed by atoms with E-state index < -0.39 is 0 Å². The van der Waals surface area contributed by atoms with E-state index in [4.69, 9.17) is 12.2 Å². The van der Waals surface area contributed by atoms with E-state index in [1.54, 1.807) is 0 Å². The third-order valence-corrected chi connectivity index (χ3v) is 3.94. The van der Waals surface area contributed by atoms with Crippen molar-refractivity contribution in [2.45, 2.75) is 39.8 Å². The highest BCUT2D eigenvalue weighted by atomic mass is 32.1. The van der Waals surface area contributed by atoms with Gasteiger partial charge in [0.05, 0.1) is 0 Å². The second-order valence-electron chi connectivity index (χ2n) is 5.22. The van der Waals surface area contributed by atoms with Crippen LogP contribution in [0.15, 0.2) is 0 Å². The van der Waals surface area contributed by atoms with Gasteiger partial charge in [-0.25, -0.2) is 5.10 Å². The molecule has 1 N–H and O–H groups in total. The van der Waals surface area contributed by atoms with Crippen molar-refractivity contribution in [3.8, 4) is 0 Å². The van der Waals surface area contributed by atoms with Crippen LogP contribution in [0.25, 0.3) is 0 Å². The van der Waals surface area contributed by atoms with Crippen molar-refractivity contribution in [3.63, 3.8) is 0 Å². The Hall–Kier alpha value is -0.880. The highest BCUT2D eigenvalue weighted by Crippen LogP contribution is 2.20. The summed E-state index contributed by atoms with van der Waals surface area (Å²) in [6, 6.07) is 0.903. The van der Waals surface area contributed by atoms with Crippen LogP contribution in [0.3, 0.4) is 0 Å². The molecule has 1 atom stereocenters. The second-order valence-corrected chi connectivity index (χ2v) is 5.60. The monoisotopic (exact) mass is 269 g/mol. The lowest BCUT2D eigenvalue weighted by atomic mass is 10.2. The summed E-state index contributed by atoms with van der Waals surface area (Å²) < 4.78 is 2.81. The molecule has 1 unspecified atom stereocenters. The molecule has 1 aliphatic rings. The largest absolute Gasteiger partial charge is 0.338 e. The van der Waals surface area contributed by atoms with Crippen LogP contribution in [-0.4, -0.2) is 51.9 Å². The van der Waals surface area contributed by atoms with Gasteiger partial charge in [0.1, 0.15) is 0 Å². The number of H-pyrrole nitrogens is 1. The van der Waals surface area contributed by atoms with Crippen LogP contribution in [-0.2, 0) is 0 Å². The summed E-state index contributed by atoms with van der Waals surface area (Å²) in [4.78, 5) is 4.83. The van der Waals surface area contributed by atoms with Gasteiger partial charge in [0.15, 0.2) is 4.77 Å². The molecule has 1 fully saturated rings. The average molecular weight is 269 g/mol. The summed E-state index contributed by atoms with van der Waals surface area (Å²) in [6.45, 7) is 13.0. The van der Waals surface area contributed by atoms with Gasteiger partial charge >= 0.3 is 0 Å². The van der Waals surface area contributed by atoms with Crippen molar-refractivity contribution in [2.24, 2.45) is 0 Å². The molecule has 102 valence electrons. The molecular weight excluding hydrogens is 246 g/mol. The zero-order chi connectivity index (χ0) is 13.3. The Labute approximate surface area is 114 Å². The van der Waals surface area contributed by atoms with Crippen molar-refractivity contribution < 1.29 is 0 Å². The van der Waals surface area contributed by atoms with Crippen molar-refractivity contribution in [3.05, 3.63) is 4.77 Å². The summed E-state index contributed by atoms with van der Waals surface area (Å²) >= 11 is 5.30. The van der Waals surface area contributed by atoms with E-state index in [1.807, 2.05) is 0 Å². The predicted molar refractivity (Wildman–Crippen MR) is 76.7 cm³/mol. The number of rotatable bonds is 3. The van der Waals surface area contributed by atoms with E-state index in [1.165, 1.54) is 0 Å². The van der Waals surface area contributed by atoms with Gasteiger partial charge in [0.25, 0.3) is 0 Å². The fraction of sp³-hybridized carbons (Fsp3) is 0.833. The first-order valence-corrected chi connectivity index (χ1v) is 7.11. The molecule has 1 aliphatic heterocycles. The fourth-order valence-corrected chi connectivity index (χ4v) is 2.97. The lowest BCUT2D eigenvalue weighted by molar-refractivity contribution is 0.197. The predicted octanol–water partition coefficient (Wildman–Crippen LogP) is 2.05. The van der Waals surface area contributed by atoms with E-state index in [2.05, 4.69) is 52.3 Å². The van der Waals surface area contributed by atoms with Gasteiger partial charge in [0, 0.05) is 31.7 Å². The number of hydrogen-bond acceptors (Lipinski definition) is 4. The molecule has 0 saturated carbocycles. The van der Waals surface area contributed by atoms with E-state index in [9.17, 15) is 0 Å². The number of likely N-dealkylation sites (N-methyl/N-ethyl adjacent to an activating group) is 1. The Kier molecular flexibility index (Phi) is 4.07. The zero-order valence-corrected chi connectivity index (χ0v) is 12.5. The van der Waals surface area contributed by atoms with E-state index in [-0.39, 0.29) is 0 Å². The maximum absolute atomic E-state index is 5.30. The molecule has 0 radical (unpaired) electrons. The van der Waals surface area contributed by atoms with Crippen LogP contribution in [0.4, 0.5) is 5.95 Å². The quantitative estimate of drug-likeness (QED) is 0.853. The topological polar surface area (TPSA) is 40.1 Å². The van der Waals surface area contributed by atoms with Crippen molar-refractivity contribution in [2.75, 3.05) is 31.1 Å². The van der Waals surface area contributed by atoms with Crippen LogP contribution >= 0.6 is 12.2 Å². The summed E-state index contributed by atoms with van der Waals surface area (Å²) in [5.74, 6) is 0.984. The third kappa shape index (κ3) is 2.44. The molecular formula is C12H23N5S. The third-order valence-electron chi connectivity index (χ3n) is 3.66. The van der Waals surface area contributed by atoms with Gasteiger partial charge in [-0.2, -0.15) is 0 Å². The average Bonchev–Trinajstić information content (AvgIpc) is 2.71. The summed E-state index contributed by atoms with van der Waals surface area (Å²) in [5.41, 5.74) is 0. The minimum atomic E-state index is 0.339. The molecule has 5 nitrogen and oxygen atoms in total. The maximum atomic E-state index is 5.30. The highest BCUT2D eigenvalue weighted by Gasteiger charge is 2.25. The van der Waals surface area contributed by atoms with Gasteiger partial charge in [-0.1, -0.05) is 6.92 Å². The minimum absolute atomic E-state index is 0.339. The molecule has 2 rings (SSSR count). The van der Waals surface area contributed by atoms with Gasteiger partial charge in [-0.15, -0.1) is 5.10 Å². The molecule has 1 aromatic rings. The summed E-state index contributed by atoms with van der Waals surface area (Å²) in [6.07, 6.45) is 0. The molecule has 0 aliphatic carbocycles. The molecule has 1 aromatic heterocycles. The van der Waals surface area contributed by atoms with Crippen molar-refractivity contribution >= 4 is 18.2 Å². The molecule has 0 amide bonds. The number of nitrogens with one attached hydrogen (secondary N) is 1. The lowest BCUT2D eigenvalue weighted by Crippen LogP contribution is -2.52. The summed E-state index contributed by atoms with van der Waals surface area (Å²) in [5, 5.41) is 7.32. The van der Waals surface area contributed by atoms with Crippen LogP contribution in [0.2, 0.25) is 0 Å². The minimum Gasteiger partial charge on any atom is -0.338 e. The molecule has 6 heteroatoms. The van der Waals surface area contributed by atoms with E-state index >= 15 is 0 Å². The number of anilines is 1. The number of hydrogen-bond donors (Lipinski definition) is 1. The number of aromatic nitrogens is 3. The highest BCUT2D eigenvalue weighted by molar-refractivity contribution is 7.71. The zero-order valence-electron chi connectivity index (χ0n) is 11.7. The van der Waals surface area contributed by atoms with Gasteiger partial charge in [-0.05, 0) is 39.5 Å². The van der Waals surface area contributed by atoms with E-state index in [0.717, 1.165) is 32.1 Å². The van der Waals surface area contributed by atoms with Crippen LogP contribution < -0.4 is 4.90 Å². The van der Waals surface area contributed by atoms with Gasteiger partial charge < -0.3 is 4.90 Å².